The predicted molar refractivity (Wildman–Crippen MR) is 60.2 cm³/mol. The molecule has 0 radical (unpaired) electrons. The van der Waals surface area contributed by atoms with E-state index in [9.17, 15) is 8.42 Å². The third-order valence-corrected chi connectivity index (χ3v) is 3.78. The van der Waals surface area contributed by atoms with E-state index in [4.69, 9.17) is 9.88 Å². The maximum absolute atomic E-state index is 11.2. The van der Waals surface area contributed by atoms with Gasteiger partial charge >= 0.3 is 0 Å². The molecule has 2 N–H and O–H groups in total. The second kappa shape index (κ2) is 4.04. The van der Waals surface area contributed by atoms with E-state index in [0.717, 1.165) is 16.9 Å². The van der Waals surface area contributed by atoms with E-state index in [1.165, 1.54) is 4.31 Å². The van der Waals surface area contributed by atoms with Gasteiger partial charge in [-0.2, -0.15) is 12.7 Å². The fraction of sp³-hybridized carbons (Fsp3) is 0.400. The molecule has 0 saturated carbocycles. The number of benzene rings is 1. The van der Waals surface area contributed by atoms with Crippen molar-refractivity contribution in [3.8, 4) is 5.75 Å². The lowest BCUT2D eigenvalue weighted by Gasteiger charge is -2.26. The van der Waals surface area contributed by atoms with Crippen molar-refractivity contribution in [3.63, 3.8) is 0 Å². The van der Waals surface area contributed by atoms with Crippen LogP contribution in [0.1, 0.15) is 11.1 Å². The molecule has 0 spiro atoms. The Bertz CT molecular complexity index is 499. The lowest BCUT2D eigenvalue weighted by Crippen LogP contribution is -2.40. The summed E-state index contributed by atoms with van der Waals surface area (Å²) in [6.07, 6.45) is 0.670. The molecule has 1 aliphatic rings. The Hall–Kier alpha value is -1.11. The standard InChI is InChI=1S/C10H14N2O3S/c1-15-10-3-2-9-7-12(16(11,13)14)5-4-8(9)6-10/h2-3,6H,4-5,7H2,1H3,(H2,11,13,14). The smallest absolute Gasteiger partial charge is 0.277 e. The van der Waals surface area contributed by atoms with E-state index in [2.05, 4.69) is 0 Å². The quantitative estimate of drug-likeness (QED) is 0.808. The van der Waals surface area contributed by atoms with Crippen LogP contribution >= 0.6 is 0 Å². The van der Waals surface area contributed by atoms with Gasteiger partial charge in [0, 0.05) is 13.1 Å². The van der Waals surface area contributed by atoms with Crippen molar-refractivity contribution in [2.75, 3.05) is 13.7 Å². The molecule has 0 bridgehead atoms. The molecule has 0 unspecified atom stereocenters. The molecule has 1 aromatic carbocycles. The van der Waals surface area contributed by atoms with Crippen molar-refractivity contribution < 1.29 is 13.2 Å². The average molecular weight is 242 g/mol. The first kappa shape index (κ1) is 11.4. The summed E-state index contributed by atoms with van der Waals surface area (Å²) >= 11 is 0. The number of nitrogens with two attached hydrogens (primary N) is 1. The third kappa shape index (κ3) is 2.18. The highest BCUT2D eigenvalue weighted by Gasteiger charge is 2.23. The van der Waals surface area contributed by atoms with Gasteiger partial charge in [-0.15, -0.1) is 0 Å². The van der Waals surface area contributed by atoms with Crippen molar-refractivity contribution >= 4 is 10.2 Å². The molecule has 1 aliphatic heterocycles. The molecule has 1 heterocycles. The number of nitrogens with zero attached hydrogens (tertiary/aromatic N) is 1. The second-order valence-corrected chi connectivity index (χ2v) is 5.31. The minimum absolute atomic E-state index is 0.345. The first-order valence-corrected chi connectivity index (χ1v) is 6.44. The van der Waals surface area contributed by atoms with Gasteiger partial charge in [0.15, 0.2) is 0 Å². The first-order valence-electron chi connectivity index (χ1n) is 4.94. The number of hydrogen-bond acceptors (Lipinski definition) is 3. The molecular formula is C10H14N2O3S. The summed E-state index contributed by atoms with van der Waals surface area (Å²) in [7, 11) is -1.97. The molecular weight excluding hydrogens is 228 g/mol. The molecule has 0 aromatic heterocycles. The molecule has 5 nitrogen and oxygen atoms in total. The van der Waals surface area contributed by atoms with Crippen molar-refractivity contribution in [1.29, 1.82) is 0 Å². The van der Waals surface area contributed by atoms with E-state index in [-0.39, 0.29) is 0 Å². The fourth-order valence-corrected chi connectivity index (χ4v) is 2.51. The Morgan fingerprint density at radius 2 is 2.12 bits per heavy atom. The molecule has 0 amide bonds. The van der Waals surface area contributed by atoms with Crippen molar-refractivity contribution in [2.24, 2.45) is 5.14 Å². The highest BCUT2D eigenvalue weighted by molar-refractivity contribution is 7.86. The van der Waals surface area contributed by atoms with Gasteiger partial charge in [0.05, 0.1) is 7.11 Å². The van der Waals surface area contributed by atoms with Crippen LogP contribution in [0.15, 0.2) is 18.2 Å². The van der Waals surface area contributed by atoms with Crippen LogP contribution in [0.2, 0.25) is 0 Å². The van der Waals surface area contributed by atoms with E-state index in [1.54, 1.807) is 7.11 Å². The SMILES string of the molecule is COc1ccc2c(c1)CCN(S(N)(=O)=O)C2. The summed E-state index contributed by atoms with van der Waals surface area (Å²) in [5.41, 5.74) is 2.11. The Balaban J connectivity index is 2.29. The minimum atomic E-state index is -3.58. The molecule has 6 heteroatoms. The largest absolute Gasteiger partial charge is 0.497 e. The third-order valence-electron chi connectivity index (χ3n) is 2.75. The average Bonchev–Trinajstić information content (AvgIpc) is 2.26. The number of methoxy groups -OCH3 is 1. The van der Waals surface area contributed by atoms with Gasteiger partial charge < -0.3 is 4.74 Å². The molecule has 2 rings (SSSR count). The van der Waals surface area contributed by atoms with E-state index in [0.29, 0.717) is 19.5 Å². The zero-order valence-corrected chi connectivity index (χ0v) is 9.83. The second-order valence-electron chi connectivity index (χ2n) is 3.76. The number of ether oxygens (including phenoxy) is 1. The van der Waals surface area contributed by atoms with Gasteiger partial charge in [-0.05, 0) is 29.7 Å². The monoisotopic (exact) mass is 242 g/mol. The number of rotatable bonds is 2. The van der Waals surface area contributed by atoms with E-state index in [1.807, 2.05) is 18.2 Å². The first-order chi connectivity index (χ1) is 7.50. The molecule has 0 fully saturated rings. The lowest BCUT2D eigenvalue weighted by atomic mass is 10.0. The summed E-state index contributed by atoms with van der Waals surface area (Å²) in [6.45, 7) is 0.775. The zero-order chi connectivity index (χ0) is 11.8. The topological polar surface area (TPSA) is 72.6 Å². The Labute approximate surface area is 95.0 Å². The summed E-state index contributed by atoms with van der Waals surface area (Å²) in [5, 5.41) is 5.10. The van der Waals surface area contributed by atoms with Crippen LogP contribution in [0.5, 0.6) is 5.75 Å². The minimum Gasteiger partial charge on any atom is -0.497 e. The lowest BCUT2D eigenvalue weighted by molar-refractivity contribution is 0.387. The van der Waals surface area contributed by atoms with Crippen molar-refractivity contribution in [1.82, 2.24) is 4.31 Å². The molecule has 0 aliphatic carbocycles. The van der Waals surface area contributed by atoms with E-state index < -0.39 is 10.2 Å². The highest BCUT2D eigenvalue weighted by Crippen LogP contribution is 2.24. The maximum atomic E-state index is 11.2. The van der Waals surface area contributed by atoms with Crippen LogP contribution < -0.4 is 9.88 Å². The van der Waals surface area contributed by atoms with Gasteiger partial charge in [-0.25, -0.2) is 5.14 Å². The molecule has 16 heavy (non-hydrogen) atoms. The van der Waals surface area contributed by atoms with Gasteiger partial charge in [-0.3, -0.25) is 0 Å². The Morgan fingerprint density at radius 1 is 1.38 bits per heavy atom. The zero-order valence-electron chi connectivity index (χ0n) is 9.01. The maximum Gasteiger partial charge on any atom is 0.277 e. The van der Waals surface area contributed by atoms with Crippen LogP contribution in [-0.4, -0.2) is 26.4 Å². The van der Waals surface area contributed by atoms with Crippen molar-refractivity contribution in [3.05, 3.63) is 29.3 Å². The summed E-state index contributed by atoms with van der Waals surface area (Å²) in [4.78, 5) is 0. The van der Waals surface area contributed by atoms with E-state index >= 15 is 0 Å². The Morgan fingerprint density at radius 3 is 2.75 bits per heavy atom. The van der Waals surface area contributed by atoms with Crippen LogP contribution in [-0.2, 0) is 23.2 Å². The molecule has 1 aromatic rings. The summed E-state index contributed by atoms with van der Waals surface area (Å²) in [6, 6.07) is 5.65. The highest BCUT2D eigenvalue weighted by atomic mass is 32.2. The van der Waals surface area contributed by atoms with Gasteiger partial charge in [0.2, 0.25) is 0 Å². The van der Waals surface area contributed by atoms with Crippen LogP contribution in [0, 0.1) is 0 Å². The van der Waals surface area contributed by atoms with Crippen LogP contribution in [0.3, 0.4) is 0 Å². The molecule has 0 saturated heterocycles. The predicted octanol–water partition coefficient (Wildman–Crippen LogP) is 0.257. The fourth-order valence-electron chi connectivity index (χ4n) is 1.85. The summed E-state index contributed by atoms with van der Waals surface area (Å²) < 4.78 is 28.8. The van der Waals surface area contributed by atoms with Gasteiger partial charge in [0.1, 0.15) is 5.75 Å². The van der Waals surface area contributed by atoms with Gasteiger partial charge in [-0.1, -0.05) is 6.07 Å². The van der Waals surface area contributed by atoms with Gasteiger partial charge in [0.25, 0.3) is 10.2 Å². The summed E-state index contributed by atoms with van der Waals surface area (Å²) in [5.74, 6) is 0.794. The molecule has 0 atom stereocenters. The van der Waals surface area contributed by atoms with Crippen LogP contribution in [0.25, 0.3) is 0 Å². The van der Waals surface area contributed by atoms with Crippen molar-refractivity contribution in [2.45, 2.75) is 13.0 Å². The Kier molecular flexibility index (Phi) is 2.88. The number of fused-ring (bicyclic) bond motifs is 1. The molecule has 88 valence electrons. The normalized spacial score (nSPS) is 16.9. The van der Waals surface area contributed by atoms with Crippen LogP contribution in [0.4, 0.5) is 0 Å². The number of hydrogen-bond donors (Lipinski definition) is 1.